The monoisotopic (exact) mass is 411 g/mol. The van der Waals surface area contributed by atoms with Gasteiger partial charge in [-0.3, -0.25) is 4.79 Å². The quantitative estimate of drug-likeness (QED) is 0.575. The van der Waals surface area contributed by atoms with Gasteiger partial charge >= 0.3 is 11.9 Å². The van der Waals surface area contributed by atoms with E-state index < -0.39 is 11.6 Å². The number of carbonyl (C=O) groups excluding carboxylic acids is 2. The number of esters is 2. The van der Waals surface area contributed by atoms with Crippen LogP contribution in [0.1, 0.15) is 66.8 Å². The molecule has 9 heteroatoms. The van der Waals surface area contributed by atoms with Crippen LogP contribution in [0.25, 0.3) is 5.65 Å². The standard InChI is InChI=1S/C21H25N5O4/c1-21(2,3)30-20(28)17-12-26(24-23-17)11-16-10-25-9-15(13-5-6-13)7-14(19(25)22-16)8-18(27)29-4/h7,9-10,12-13H,5-6,8,11H2,1-4H3. The smallest absolute Gasteiger partial charge is 0.361 e. The van der Waals surface area contributed by atoms with Crippen LogP contribution in [-0.2, 0) is 27.2 Å². The van der Waals surface area contributed by atoms with Crippen LogP contribution in [0.15, 0.2) is 24.7 Å². The normalized spacial score (nSPS) is 14.1. The molecule has 0 unspecified atom stereocenters. The summed E-state index contributed by atoms with van der Waals surface area (Å²) >= 11 is 0. The highest BCUT2D eigenvalue weighted by Gasteiger charge is 2.26. The van der Waals surface area contributed by atoms with Crippen molar-refractivity contribution in [3.8, 4) is 0 Å². The van der Waals surface area contributed by atoms with Crippen LogP contribution in [0.3, 0.4) is 0 Å². The summed E-state index contributed by atoms with van der Waals surface area (Å²) in [5.41, 5.74) is 3.06. The summed E-state index contributed by atoms with van der Waals surface area (Å²) in [5.74, 6) is -0.269. The predicted molar refractivity (Wildman–Crippen MR) is 107 cm³/mol. The van der Waals surface area contributed by atoms with Crippen LogP contribution in [0.5, 0.6) is 0 Å². The lowest BCUT2D eigenvalue weighted by Crippen LogP contribution is -2.24. The van der Waals surface area contributed by atoms with Crippen molar-refractivity contribution in [2.45, 2.75) is 58.1 Å². The van der Waals surface area contributed by atoms with E-state index in [1.807, 2.05) is 10.6 Å². The molecule has 1 aliphatic rings. The molecule has 0 spiro atoms. The summed E-state index contributed by atoms with van der Waals surface area (Å²) in [6.45, 7) is 5.74. The van der Waals surface area contributed by atoms with E-state index in [1.54, 1.807) is 31.6 Å². The SMILES string of the molecule is COC(=O)Cc1cc(C2CC2)cn2cc(Cn3cc(C(=O)OC(C)(C)C)nn3)nc12. The highest BCUT2D eigenvalue weighted by atomic mass is 16.6. The lowest BCUT2D eigenvalue weighted by Gasteiger charge is -2.18. The minimum absolute atomic E-state index is 0.149. The Morgan fingerprint density at radius 1 is 1.20 bits per heavy atom. The summed E-state index contributed by atoms with van der Waals surface area (Å²) in [5, 5.41) is 7.92. The number of hydrogen-bond donors (Lipinski definition) is 0. The second-order valence-electron chi connectivity index (χ2n) is 8.59. The van der Waals surface area contributed by atoms with E-state index in [0.717, 1.165) is 24.1 Å². The number of rotatable bonds is 6. The Balaban J connectivity index is 1.59. The molecule has 158 valence electrons. The van der Waals surface area contributed by atoms with Crippen LogP contribution in [0.2, 0.25) is 0 Å². The van der Waals surface area contributed by atoms with Crippen molar-refractivity contribution in [1.82, 2.24) is 24.4 Å². The molecule has 4 rings (SSSR count). The maximum Gasteiger partial charge on any atom is 0.361 e. The number of aromatic nitrogens is 5. The Kier molecular flexibility index (Phi) is 5.05. The maximum atomic E-state index is 12.1. The molecule has 0 radical (unpaired) electrons. The average molecular weight is 411 g/mol. The Labute approximate surface area is 174 Å². The molecule has 0 bridgehead atoms. The zero-order valence-corrected chi connectivity index (χ0v) is 17.6. The van der Waals surface area contributed by atoms with E-state index in [-0.39, 0.29) is 18.1 Å². The average Bonchev–Trinajstić information content (AvgIpc) is 3.27. The third-order valence-corrected chi connectivity index (χ3v) is 4.78. The molecule has 3 aromatic rings. The van der Waals surface area contributed by atoms with Gasteiger partial charge in [-0.15, -0.1) is 5.10 Å². The Hall–Kier alpha value is -3.23. The van der Waals surface area contributed by atoms with E-state index in [4.69, 9.17) is 9.47 Å². The van der Waals surface area contributed by atoms with Gasteiger partial charge in [-0.2, -0.15) is 0 Å². The van der Waals surface area contributed by atoms with Crippen molar-refractivity contribution >= 4 is 17.6 Å². The number of carbonyl (C=O) groups is 2. The summed E-state index contributed by atoms with van der Waals surface area (Å²) in [6, 6.07) is 2.05. The second kappa shape index (κ2) is 7.55. The van der Waals surface area contributed by atoms with Gasteiger partial charge in [0, 0.05) is 18.0 Å². The fraction of sp³-hybridized carbons (Fsp3) is 0.476. The number of hydrogen-bond acceptors (Lipinski definition) is 7. The van der Waals surface area contributed by atoms with Crippen LogP contribution < -0.4 is 0 Å². The highest BCUT2D eigenvalue weighted by Crippen LogP contribution is 2.40. The van der Waals surface area contributed by atoms with Crippen molar-refractivity contribution in [3.05, 3.63) is 47.2 Å². The third kappa shape index (κ3) is 4.50. The van der Waals surface area contributed by atoms with Gasteiger partial charge in [0.1, 0.15) is 11.2 Å². The Morgan fingerprint density at radius 3 is 2.63 bits per heavy atom. The molecule has 1 aliphatic carbocycles. The molecular formula is C21H25N5O4. The molecule has 1 saturated carbocycles. The minimum Gasteiger partial charge on any atom is -0.469 e. The second-order valence-corrected chi connectivity index (χ2v) is 8.59. The summed E-state index contributed by atoms with van der Waals surface area (Å²) < 4.78 is 13.7. The number of methoxy groups -OCH3 is 1. The zero-order chi connectivity index (χ0) is 21.5. The van der Waals surface area contributed by atoms with Crippen molar-refractivity contribution in [2.24, 2.45) is 0 Å². The van der Waals surface area contributed by atoms with Crippen molar-refractivity contribution in [1.29, 1.82) is 0 Å². The summed E-state index contributed by atoms with van der Waals surface area (Å²) in [7, 11) is 1.38. The van der Waals surface area contributed by atoms with Crippen molar-refractivity contribution in [3.63, 3.8) is 0 Å². The van der Waals surface area contributed by atoms with Crippen LogP contribution >= 0.6 is 0 Å². The highest BCUT2D eigenvalue weighted by molar-refractivity contribution is 5.87. The fourth-order valence-corrected chi connectivity index (χ4v) is 3.28. The van der Waals surface area contributed by atoms with Gasteiger partial charge in [0.25, 0.3) is 0 Å². The lowest BCUT2D eigenvalue weighted by atomic mass is 10.1. The van der Waals surface area contributed by atoms with Crippen LogP contribution in [0.4, 0.5) is 0 Å². The molecule has 0 saturated heterocycles. The molecule has 0 atom stereocenters. The van der Waals surface area contributed by atoms with E-state index in [2.05, 4.69) is 27.6 Å². The zero-order valence-electron chi connectivity index (χ0n) is 17.6. The molecule has 0 aromatic carbocycles. The Morgan fingerprint density at radius 2 is 1.97 bits per heavy atom. The largest absolute Gasteiger partial charge is 0.469 e. The topological polar surface area (TPSA) is 101 Å². The molecule has 0 N–H and O–H groups in total. The van der Waals surface area contributed by atoms with Crippen LogP contribution in [-0.4, -0.2) is 49.0 Å². The first-order valence-electron chi connectivity index (χ1n) is 9.92. The predicted octanol–water partition coefficient (Wildman–Crippen LogP) is 2.52. The van der Waals surface area contributed by atoms with Gasteiger partial charge in [0.15, 0.2) is 5.69 Å². The third-order valence-electron chi connectivity index (χ3n) is 4.78. The number of ether oxygens (including phenoxy) is 2. The maximum absolute atomic E-state index is 12.1. The molecular weight excluding hydrogens is 386 g/mol. The molecule has 30 heavy (non-hydrogen) atoms. The molecule has 3 heterocycles. The van der Waals surface area contributed by atoms with Gasteiger partial charge in [-0.05, 0) is 51.2 Å². The number of imidazole rings is 1. The van der Waals surface area contributed by atoms with Crippen molar-refractivity contribution in [2.75, 3.05) is 7.11 Å². The minimum atomic E-state index is -0.599. The van der Waals surface area contributed by atoms with Gasteiger partial charge < -0.3 is 13.9 Å². The first-order chi connectivity index (χ1) is 14.2. The lowest BCUT2D eigenvalue weighted by molar-refractivity contribution is -0.139. The molecule has 9 nitrogen and oxygen atoms in total. The van der Waals surface area contributed by atoms with Crippen LogP contribution in [0, 0.1) is 0 Å². The van der Waals surface area contributed by atoms with E-state index >= 15 is 0 Å². The van der Waals surface area contributed by atoms with Crippen molar-refractivity contribution < 1.29 is 19.1 Å². The van der Waals surface area contributed by atoms with Gasteiger partial charge in [0.05, 0.1) is 32.0 Å². The van der Waals surface area contributed by atoms with E-state index in [9.17, 15) is 9.59 Å². The summed E-state index contributed by atoms with van der Waals surface area (Å²) in [6.07, 6.45) is 8.02. The number of fused-ring (bicyclic) bond motifs is 1. The van der Waals surface area contributed by atoms with E-state index in [0.29, 0.717) is 18.1 Å². The first-order valence-corrected chi connectivity index (χ1v) is 9.92. The van der Waals surface area contributed by atoms with Gasteiger partial charge in [-0.25, -0.2) is 14.5 Å². The van der Waals surface area contributed by atoms with Gasteiger partial charge in [-0.1, -0.05) is 5.21 Å². The number of pyridine rings is 1. The first kappa shape index (κ1) is 20.1. The molecule has 0 aliphatic heterocycles. The number of nitrogens with zero attached hydrogens (tertiary/aromatic N) is 5. The van der Waals surface area contributed by atoms with E-state index in [1.165, 1.54) is 12.7 Å². The van der Waals surface area contributed by atoms with Gasteiger partial charge in [0.2, 0.25) is 0 Å². The molecule has 1 fully saturated rings. The Bertz CT molecular complexity index is 1100. The molecule has 0 amide bonds. The molecule has 3 aromatic heterocycles. The summed E-state index contributed by atoms with van der Waals surface area (Å²) in [4.78, 5) is 28.7. The fourth-order valence-electron chi connectivity index (χ4n) is 3.28.